The lowest BCUT2D eigenvalue weighted by atomic mass is 10.00. The molecule has 0 saturated carbocycles. The molecule has 0 amide bonds. The van der Waals surface area contributed by atoms with Gasteiger partial charge in [-0.3, -0.25) is 4.68 Å². The van der Waals surface area contributed by atoms with Gasteiger partial charge in [0.1, 0.15) is 0 Å². The molecule has 1 aliphatic rings. The summed E-state index contributed by atoms with van der Waals surface area (Å²) >= 11 is 0. The van der Waals surface area contributed by atoms with Crippen molar-refractivity contribution in [1.29, 1.82) is 0 Å². The molecule has 108 valence electrons. The first-order valence-electron chi connectivity index (χ1n) is 6.77. The third-order valence-corrected chi connectivity index (χ3v) is 5.60. The molecule has 2 heterocycles. The minimum absolute atomic E-state index is 0.112. The van der Waals surface area contributed by atoms with Gasteiger partial charge in [0.2, 0.25) is 0 Å². The highest BCUT2D eigenvalue weighted by Crippen LogP contribution is 2.26. The van der Waals surface area contributed by atoms with Crippen LogP contribution in [-0.2, 0) is 16.6 Å². The van der Waals surface area contributed by atoms with Crippen LogP contribution in [0.1, 0.15) is 33.1 Å². The second kappa shape index (κ2) is 5.60. The number of rotatable bonds is 4. The van der Waals surface area contributed by atoms with E-state index in [2.05, 4.69) is 5.10 Å². The van der Waals surface area contributed by atoms with Crippen molar-refractivity contribution in [2.24, 2.45) is 5.73 Å². The fourth-order valence-corrected chi connectivity index (χ4v) is 4.59. The Morgan fingerprint density at radius 2 is 2.26 bits per heavy atom. The number of hydrogen-bond donors (Lipinski definition) is 1. The Labute approximate surface area is 114 Å². The molecule has 0 spiro atoms. The van der Waals surface area contributed by atoms with E-state index >= 15 is 0 Å². The first-order chi connectivity index (χ1) is 8.98. The number of sulfonamides is 1. The van der Waals surface area contributed by atoms with Gasteiger partial charge in [-0.05, 0) is 32.8 Å². The molecule has 2 N–H and O–H groups in total. The summed E-state index contributed by atoms with van der Waals surface area (Å²) in [5.41, 5.74) is 5.95. The average molecular weight is 286 g/mol. The summed E-state index contributed by atoms with van der Waals surface area (Å²) in [5.74, 6) is 0. The molecule has 0 bridgehead atoms. The molecular formula is C12H22N4O2S. The van der Waals surface area contributed by atoms with E-state index in [0.717, 1.165) is 19.3 Å². The quantitative estimate of drug-likeness (QED) is 0.887. The van der Waals surface area contributed by atoms with Gasteiger partial charge in [0.05, 0.1) is 6.20 Å². The summed E-state index contributed by atoms with van der Waals surface area (Å²) in [4.78, 5) is 0. The highest BCUT2D eigenvalue weighted by atomic mass is 32.2. The smallest absolute Gasteiger partial charge is 0.260 e. The van der Waals surface area contributed by atoms with Gasteiger partial charge in [-0.1, -0.05) is 6.42 Å². The van der Waals surface area contributed by atoms with E-state index in [9.17, 15) is 8.42 Å². The number of nitrogens with two attached hydrogens (primary N) is 1. The van der Waals surface area contributed by atoms with Gasteiger partial charge < -0.3 is 5.73 Å². The minimum Gasteiger partial charge on any atom is -0.326 e. The number of aryl methyl sites for hydroxylation is 1. The summed E-state index contributed by atoms with van der Waals surface area (Å²) < 4.78 is 28.6. The van der Waals surface area contributed by atoms with Gasteiger partial charge in [-0.25, -0.2) is 8.42 Å². The Kier molecular flexibility index (Phi) is 4.27. The van der Waals surface area contributed by atoms with Crippen LogP contribution in [0.2, 0.25) is 0 Å². The third-order valence-electron chi connectivity index (χ3n) is 3.66. The Hall–Kier alpha value is -0.920. The second-order valence-corrected chi connectivity index (χ2v) is 6.86. The fraction of sp³-hybridized carbons (Fsp3) is 0.750. The minimum atomic E-state index is -3.50. The van der Waals surface area contributed by atoms with Crippen molar-refractivity contribution in [1.82, 2.24) is 14.1 Å². The van der Waals surface area contributed by atoms with Gasteiger partial charge in [-0.15, -0.1) is 0 Å². The fourth-order valence-electron chi connectivity index (χ4n) is 2.65. The first-order valence-corrected chi connectivity index (χ1v) is 8.21. The molecule has 1 fully saturated rings. The van der Waals surface area contributed by atoms with Crippen molar-refractivity contribution in [3.05, 3.63) is 12.3 Å². The normalized spacial score (nSPS) is 23.4. The van der Waals surface area contributed by atoms with Crippen LogP contribution in [0.4, 0.5) is 0 Å². The summed E-state index contributed by atoms with van der Waals surface area (Å²) in [6.45, 7) is 4.84. The van der Waals surface area contributed by atoms with Crippen LogP contribution in [0.25, 0.3) is 0 Å². The molecule has 0 radical (unpaired) electrons. The monoisotopic (exact) mass is 286 g/mol. The summed E-state index contributed by atoms with van der Waals surface area (Å²) in [5, 5.41) is 4.31. The average Bonchev–Trinajstić information content (AvgIpc) is 2.87. The lowest BCUT2D eigenvalue weighted by Crippen LogP contribution is -2.51. The van der Waals surface area contributed by atoms with E-state index < -0.39 is 10.0 Å². The summed E-state index contributed by atoms with van der Waals surface area (Å²) in [6.07, 6.45) is 4.28. The van der Waals surface area contributed by atoms with Crippen LogP contribution in [0.5, 0.6) is 0 Å². The Morgan fingerprint density at radius 1 is 1.53 bits per heavy atom. The van der Waals surface area contributed by atoms with E-state index in [0.29, 0.717) is 13.1 Å². The lowest BCUT2D eigenvalue weighted by molar-refractivity contribution is 0.226. The van der Waals surface area contributed by atoms with Gasteiger partial charge in [0.15, 0.2) is 5.03 Å². The Morgan fingerprint density at radius 3 is 2.89 bits per heavy atom. The van der Waals surface area contributed by atoms with Gasteiger partial charge in [0, 0.05) is 25.2 Å². The maximum atomic E-state index is 12.8. The molecule has 2 atom stereocenters. The number of hydrogen-bond acceptors (Lipinski definition) is 4. The van der Waals surface area contributed by atoms with Crippen molar-refractivity contribution in [3.63, 3.8) is 0 Å². The van der Waals surface area contributed by atoms with E-state index in [1.165, 1.54) is 10.9 Å². The molecule has 1 aromatic heterocycles. The number of piperidine rings is 1. The topological polar surface area (TPSA) is 81.2 Å². The molecule has 0 aliphatic carbocycles. The van der Waals surface area contributed by atoms with E-state index in [-0.39, 0.29) is 17.1 Å². The molecule has 2 rings (SSSR count). The molecular weight excluding hydrogens is 264 g/mol. The predicted molar refractivity (Wildman–Crippen MR) is 73.1 cm³/mol. The number of nitrogens with zero attached hydrogens (tertiary/aromatic N) is 3. The molecule has 1 aliphatic heterocycles. The molecule has 6 nitrogen and oxygen atoms in total. The van der Waals surface area contributed by atoms with Crippen LogP contribution in [-0.4, -0.2) is 41.1 Å². The number of aromatic nitrogens is 2. The molecule has 1 saturated heterocycles. The van der Waals surface area contributed by atoms with Crippen LogP contribution in [0.3, 0.4) is 0 Å². The maximum Gasteiger partial charge on any atom is 0.260 e. The second-order valence-electron chi connectivity index (χ2n) is 5.02. The highest BCUT2D eigenvalue weighted by Gasteiger charge is 2.36. The Bertz CT molecular complexity index is 524. The molecule has 19 heavy (non-hydrogen) atoms. The van der Waals surface area contributed by atoms with E-state index in [1.807, 2.05) is 13.8 Å². The standard InChI is InChI=1S/C12H22N4O2S/c1-3-15-12(7-8-14-15)19(17,18)16-9-5-4-6-11(16)10(2)13/h7-8,10-11H,3-6,9,13H2,1-2H3. The Balaban J connectivity index is 2.37. The van der Waals surface area contributed by atoms with Crippen LogP contribution < -0.4 is 5.73 Å². The van der Waals surface area contributed by atoms with Gasteiger partial charge in [0.25, 0.3) is 10.0 Å². The van der Waals surface area contributed by atoms with E-state index in [4.69, 9.17) is 5.73 Å². The zero-order valence-electron chi connectivity index (χ0n) is 11.5. The van der Waals surface area contributed by atoms with Crippen LogP contribution in [0.15, 0.2) is 17.3 Å². The van der Waals surface area contributed by atoms with Crippen LogP contribution >= 0.6 is 0 Å². The van der Waals surface area contributed by atoms with Crippen molar-refractivity contribution in [2.75, 3.05) is 6.54 Å². The molecule has 2 unspecified atom stereocenters. The zero-order valence-corrected chi connectivity index (χ0v) is 12.3. The summed E-state index contributed by atoms with van der Waals surface area (Å²) in [7, 11) is -3.50. The largest absolute Gasteiger partial charge is 0.326 e. The zero-order chi connectivity index (χ0) is 14.0. The van der Waals surface area contributed by atoms with Gasteiger partial charge in [-0.2, -0.15) is 9.40 Å². The van der Waals surface area contributed by atoms with Crippen LogP contribution in [0, 0.1) is 0 Å². The predicted octanol–water partition coefficient (Wildman–Crippen LogP) is 0.793. The van der Waals surface area contributed by atoms with Crippen molar-refractivity contribution in [3.8, 4) is 0 Å². The first kappa shape index (κ1) is 14.5. The maximum absolute atomic E-state index is 12.8. The SMILES string of the molecule is CCn1nccc1S(=O)(=O)N1CCCCC1C(C)N. The molecule has 0 aromatic carbocycles. The van der Waals surface area contributed by atoms with Crippen molar-refractivity contribution < 1.29 is 8.42 Å². The highest BCUT2D eigenvalue weighted by molar-refractivity contribution is 7.89. The van der Waals surface area contributed by atoms with E-state index in [1.54, 1.807) is 10.4 Å². The summed E-state index contributed by atoms with van der Waals surface area (Å²) in [6, 6.07) is 1.29. The van der Waals surface area contributed by atoms with Crippen molar-refractivity contribution >= 4 is 10.0 Å². The molecule has 7 heteroatoms. The third kappa shape index (κ3) is 2.68. The van der Waals surface area contributed by atoms with Crippen molar-refractivity contribution in [2.45, 2.75) is 56.8 Å². The molecule has 1 aromatic rings. The lowest BCUT2D eigenvalue weighted by Gasteiger charge is -2.36. The van der Waals surface area contributed by atoms with Gasteiger partial charge >= 0.3 is 0 Å².